The van der Waals surface area contributed by atoms with Crippen LogP contribution in [0.5, 0.6) is 0 Å². The molecule has 90 valence electrons. The van der Waals surface area contributed by atoms with Gasteiger partial charge in [0, 0.05) is 13.1 Å². The molecule has 9 heteroatoms. The van der Waals surface area contributed by atoms with E-state index in [9.17, 15) is 8.42 Å². The number of rotatable bonds is 5. The predicted molar refractivity (Wildman–Crippen MR) is 63.4 cm³/mol. The molecule has 0 aliphatic carbocycles. The van der Waals surface area contributed by atoms with E-state index in [0.717, 1.165) is 6.26 Å². The van der Waals surface area contributed by atoms with Crippen molar-refractivity contribution in [2.24, 2.45) is 0 Å². The number of anilines is 1. The summed E-state index contributed by atoms with van der Waals surface area (Å²) in [7, 11) is -3.18. The Morgan fingerprint density at radius 2 is 2.06 bits per heavy atom. The number of aromatic nitrogens is 2. The van der Waals surface area contributed by atoms with Crippen LogP contribution in [0.15, 0.2) is 6.20 Å². The van der Waals surface area contributed by atoms with Gasteiger partial charge in [0.1, 0.15) is 10.8 Å². The molecule has 0 amide bonds. The second-order valence-corrected chi connectivity index (χ2v) is 5.51. The third-order valence-electron chi connectivity index (χ3n) is 1.50. The van der Waals surface area contributed by atoms with E-state index >= 15 is 0 Å². The highest BCUT2D eigenvalue weighted by Gasteiger charge is 2.04. The molecule has 6 nitrogen and oxygen atoms in total. The molecular formula is C7H10Cl2N4O2S. The molecular weight excluding hydrogens is 275 g/mol. The summed E-state index contributed by atoms with van der Waals surface area (Å²) in [5.74, 6) is 0.372. The second-order valence-electron chi connectivity index (χ2n) is 2.93. The van der Waals surface area contributed by atoms with Crippen LogP contribution in [0.3, 0.4) is 0 Å². The molecule has 0 radical (unpaired) electrons. The number of nitrogens with one attached hydrogen (secondary N) is 2. The van der Waals surface area contributed by atoms with Crippen LogP contribution in [0.4, 0.5) is 5.82 Å². The highest BCUT2D eigenvalue weighted by molar-refractivity contribution is 7.88. The van der Waals surface area contributed by atoms with E-state index < -0.39 is 10.0 Å². The lowest BCUT2D eigenvalue weighted by molar-refractivity contribution is 0.589. The van der Waals surface area contributed by atoms with Crippen molar-refractivity contribution in [1.29, 1.82) is 0 Å². The average molecular weight is 285 g/mol. The van der Waals surface area contributed by atoms with Crippen molar-refractivity contribution < 1.29 is 8.42 Å². The van der Waals surface area contributed by atoms with Gasteiger partial charge in [0.2, 0.25) is 15.3 Å². The monoisotopic (exact) mass is 284 g/mol. The van der Waals surface area contributed by atoms with Crippen molar-refractivity contribution >= 4 is 39.0 Å². The number of hydrogen-bond donors (Lipinski definition) is 2. The zero-order valence-corrected chi connectivity index (χ0v) is 10.7. The van der Waals surface area contributed by atoms with Gasteiger partial charge in [0.05, 0.1) is 12.5 Å². The quantitative estimate of drug-likeness (QED) is 0.616. The van der Waals surface area contributed by atoms with E-state index in [0.29, 0.717) is 17.4 Å². The van der Waals surface area contributed by atoms with Crippen LogP contribution >= 0.6 is 23.2 Å². The largest absolute Gasteiger partial charge is 0.367 e. The summed E-state index contributed by atoms with van der Waals surface area (Å²) < 4.78 is 23.8. The van der Waals surface area contributed by atoms with Crippen LogP contribution in [0.25, 0.3) is 0 Å². The lowest BCUT2D eigenvalue weighted by Crippen LogP contribution is -2.27. The third kappa shape index (κ3) is 4.93. The predicted octanol–water partition coefficient (Wildman–Crippen LogP) is 0.744. The Morgan fingerprint density at radius 1 is 1.38 bits per heavy atom. The first-order valence-electron chi connectivity index (χ1n) is 4.25. The molecule has 16 heavy (non-hydrogen) atoms. The van der Waals surface area contributed by atoms with Gasteiger partial charge in [-0.25, -0.2) is 18.1 Å². The Labute approximate surface area is 103 Å². The van der Waals surface area contributed by atoms with Crippen molar-refractivity contribution in [2.45, 2.75) is 0 Å². The fourth-order valence-electron chi connectivity index (χ4n) is 0.887. The summed E-state index contributed by atoms with van der Waals surface area (Å²) in [5, 5.41) is 3.23. The Kier molecular flexibility index (Phi) is 4.72. The van der Waals surface area contributed by atoms with E-state index in [2.05, 4.69) is 20.0 Å². The Morgan fingerprint density at radius 3 is 2.69 bits per heavy atom. The summed E-state index contributed by atoms with van der Waals surface area (Å²) in [6, 6.07) is 0. The first kappa shape index (κ1) is 13.4. The Hall–Kier alpha value is -0.630. The van der Waals surface area contributed by atoms with Gasteiger partial charge in [-0.15, -0.1) is 0 Å². The fourth-order valence-corrected chi connectivity index (χ4v) is 1.65. The van der Waals surface area contributed by atoms with Crippen molar-refractivity contribution in [3.8, 4) is 0 Å². The fraction of sp³-hybridized carbons (Fsp3) is 0.429. The van der Waals surface area contributed by atoms with E-state index in [1.165, 1.54) is 6.20 Å². The van der Waals surface area contributed by atoms with E-state index in [4.69, 9.17) is 23.2 Å². The zero-order chi connectivity index (χ0) is 12.2. The first-order valence-corrected chi connectivity index (χ1v) is 6.90. The van der Waals surface area contributed by atoms with Gasteiger partial charge in [-0.05, 0) is 11.6 Å². The summed E-state index contributed by atoms with van der Waals surface area (Å²) in [6.45, 7) is 0.580. The molecule has 0 atom stereocenters. The molecule has 2 N–H and O–H groups in total. The molecule has 0 saturated carbocycles. The lowest BCUT2D eigenvalue weighted by atomic mass is 10.5. The second kappa shape index (κ2) is 5.62. The Balaban J connectivity index is 2.46. The molecule has 1 aromatic rings. The number of sulfonamides is 1. The van der Waals surface area contributed by atoms with Gasteiger partial charge in [0.25, 0.3) is 0 Å². The minimum atomic E-state index is -3.18. The maximum atomic E-state index is 10.8. The summed E-state index contributed by atoms with van der Waals surface area (Å²) >= 11 is 11.4. The number of hydrogen-bond acceptors (Lipinski definition) is 5. The van der Waals surface area contributed by atoms with Crippen molar-refractivity contribution in [3.63, 3.8) is 0 Å². The van der Waals surface area contributed by atoms with Crippen LogP contribution in [0.2, 0.25) is 10.3 Å². The van der Waals surface area contributed by atoms with E-state index in [-0.39, 0.29) is 11.8 Å². The summed E-state index contributed by atoms with van der Waals surface area (Å²) in [4.78, 5) is 7.52. The number of halogens is 2. The van der Waals surface area contributed by atoms with Crippen molar-refractivity contribution in [2.75, 3.05) is 24.7 Å². The topological polar surface area (TPSA) is 84.0 Å². The van der Waals surface area contributed by atoms with Crippen LogP contribution in [0, 0.1) is 0 Å². The van der Waals surface area contributed by atoms with Gasteiger partial charge in [-0.3, -0.25) is 0 Å². The van der Waals surface area contributed by atoms with Gasteiger partial charge >= 0.3 is 0 Å². The first-order chi connectivity index (χ1) is 7.38. The summed E-state index contributed by atoms with van der Waals surface area (Å²) in [5.41, 5.74) is 0. The molecule has 0 unspecified atom stereocenters. The molecule has 0 spiro atoms. The van der Waals surface area contributed by atoms with Crippen LogP contribution in [-0.4, -0.2) is 37.7 Å². The molecule has 0 aromatic carbocycles. The third-order valence-corrected chi connectivity index (χ3v) is 2.68. The normalized spacial score (nSPS) is 11.4. The van der Waals surface area contributed by atoms with Crippen molar-refractivity contribution in [1.82, 2.24) is 14.7 Å². The Bertz CT molecular complexity index is 465. The molecule has 0 bridgehead atoms. The van der Waals surface area contributed by atoms with E-state index in [1.54, 1.807) is 0 Å². The van der Waals surface area contributed by atoms with Gasteiger partial charge in [0.15, 0.2) is 0 Å². The zero-order valence-electron chi connectivity index (χ0n) is 8.37. The van der Waals surface area contributed by atoms with Crippen LogP contribution in [-0.2, 0) is 10.0 Å². The number of nitrogens with zero attached hydrogens (tertiary/aromatic N) is 2. The molecule has 0 saturated heterocycles. The maximum absolute atomic E-state index is 10.8. The molecule has 0 aliphatic heterocycles. The maximum Gasteiger partial charge on any atom is 0.224 e. The minimum absolute atomic E-state index is 0.0722. The lowest BCUT2D eigenvalue weighted by Gasteiger charge is -2.07. The van der Waals surface area contributed by atoms with Gasteiger partial charge < -0.3 is 5.32 Å². The van der Waals surface area contributed by atoms with E-state index in [1.807, 2.05) is 0 Å². The smallest absolute Gasteiger partial charge is 0.224 e. The van der Waals surface area contributed by atoms with Crippen LogP contribution in [0.1, 0.15) is 0 Å². The van der Waals surface area contributed by atoms with Gasteiger partial charge in [-0.2, -0.15) is 4.98 Å². The molecule has 0 aliphatic rings. The average Bonchev–Trinajstić information content (AvgIpc) is 2.16. The molecule has 1 heterocycles. The molecule has 1 aromatic heterocycles. The highest BCUT2D eigenvalue weighted by atomic mass is 35.5. The van der Waals surface area contributed by atoms with Gasteiger partial charge in [-0.1, -0.05) is 11.6 Å². The standard InChI is InChI=1S/C7H10Cl2N4O2S/c1-16(14,15)12-3-2-10-6-5(8)4-11-7(9)13-6/h4,12H,2-3H2,1H3,(H,10,11,13). The molecule has 0 fully saturated rings. The summed E-state index contributed by atoms with van der Waals surface area (Å²) in [6.07, 6.45) is 2.45. The minimum Gasteiger partial charge on any atom is -0.367 e. The SMILES string of the molecule is CS(=O)(=O)NCCNc1nc(Cl)ncc1Cl. The van der Waals surface area contributed by atoms with Crippen molar-refractivity contribution in [3.05, 3.63) is 16.5 Å². The van der Waals surface area contributed by atoms with Crippen LogP contribution < -0.4 is 10.0 Å². The highest BCUT2D eigenvalue weighted by Crippen LogP contribution is 2.18. The molecule has 1 rings (SSSR count).